The van der Waals surface area contributed by atoms with E-state index in [1.807, 2.05) is 0 Å². The van der Waals surface area contributed by atoms with Crippen LogP contribution >= 0.6 is 0 Å². The molecule has 10 heteroatoms. The van der Waals surface area contributed by atoms with Crippen LogP contribution in [0.4, 0.5) is 23.7 Å². The summed E-state index contributed by atoms with van der Waals surface area (Å²) in [6.07, 6.45) is -5.11. The SMILES string of the molecule is CC(C)(C)OC(=O)N1CCC(Oc2cc(N)c(C(N)=O)cc2C(F)(F)F)CC1. The lowest BCUT2D eigenvalue weighted by Crippen LogP contribution is -2.44. The molecule has 2 amide bonds. The second-order valence-corrected chi connectivity index (χ2v) is 7.58. The van der Waals surface area contributed by atoms with Gasteiger partial charge in [-0.1, -0.05) is 0 Å². The molecule has 1 heterocycles. The number of nitrogens with zero attached hydrogens (tertiary/aromatic N) is 1. The van der Waals surface area contributed by atoms with Gasteiger partial charge in [-0.3, -0.25) is 4.79 Å². The Bertz CT molecular complexity index is 752. The van der Waals surface area contributed by atoms with E-state index in [4.69, 9.17) is 20.9 Å². The zero-order valence-corrected chi connectivity index (χ0v) is 15.9. The summed E-state index contributed by atoms with van der Waals surface area (Å²) in [6.45, 7) is 5.82. The molecule has 0 saturated carbocycles. The minimum atomic E-state index is -4.75. The fourth-order valence-corrected chi connectivity index (χ4v) is 2.79. The fraction of sp³-hybridized carbons (Fsp3) is 0.556. The van der Waals surface area contributed by atoms with E-state index < -0.39 is 46.8 Å². The number of alkyl halides is 3. The third-order valence-corrected chi connectivity index (χ3v) is 4.11. The van der Waals surface area contributed by atoms with Crippen molar-refractivity contribution in [2.24, 2.45) is 5.73 Å². The van der Waals surface area contributed by atoms with Gasteiger partial charge in [-0.25, -0.2) is 4.79 Å². The van der Waals surface area contributed by atoms with Gasteiger partial charge < -0.3 is 25.8 Å². The average molecular weight is 403 g/mol. The van der Waals surface area contributed by atoms with Crippen LogP contribution in [0, 0.1) is 0 Å². The Labute approximate surface area is 160 Å². The number of amides is 2. The van der Waals surface area contributed by atoms with Crippen molar-refractivity contribution in [1.82, 2.24) is 4.90 Å². The Kier molecular flexibility index (Phi) is 6.00. The van der Waals surface area contributed by atoms with E-state index in [0.717, 1.165) is 6.07 Å². The molecule has 0 radical (unpaired) electrons. The molecule has 1 aliphatic rings. The summed E-state index contributed by atoms with van der Waals surface area (Å²) in [5, 5.41) is 0. The maximum atomic E-state index is 13.4. The van der Waals surface area contributed by atoms with Crippen LogP contribution in [0.2, 0.25) is 0 Å². The van der Waals surface area contributed by atoms with E-state index in [1.165, 1.54) is 4.90 Å². The van der Waals surface area contributed by atoms with Crippen LogP contribution in [0.3, 0.4) is 0 Å². The van der Waals surface area contributed by atoms with Gasteiger partial charge in [-0.2, -0.15) is 13.2 Å². The minimum Gasteiger partial charge on any atom is -0.490 e. The quantitative estimate of drug-likeness (QED) is 0.754. The lowest BCUT2D eigenvalue weighted by Gasteiger charge is -2.34. The van der Waals surface area contributed by atoms with Crippen LogP contribution in [0.5, 0.6) is 5.75 Å². The van der Waals surface area contributed by atoms with Crippen LogP contribution < -0.4 is 16.2 Å². The van der Waals surface area contributed by atoms with Crippen molar-refractivity contribution in [3.63, 3.8) is 0 Å². The molecule has 0 atom stereocenters. The predicted molar refractivity (Wildman–Crippen MR) is 95.8 cm³/mol. The number of nitrogens with two attached hydrogens (primary N) is 2. The number of benzene rings is 1. The minimum absolute atomic E-state index is 0.193. The highest BCUT2D eigenvalue weighted by Crippen LogP contribution is 2.39. The number of likely N-dealkylation sites (tertiary alicyclic amines) is 1. The van der Waals surface area contributed by atoms with Crippen LogP contribution in [0.25, 0.3) is 0 Å². The van der Waals surface area contributed by atoms with Gasteiger partial charge in [0, 0.05) is 37.7 Å². The van der Waals surface area contributed by atoms with Crippen molar-refractivity contribution in [2.45, 2.75) is 51.5 Å². The zero-order chi connectivity index (χ0) is 21.3. The van der Waals surface area contributed by atoms with Crippen molar-refractivity contribution >= 4 is 17.7 Å². The number of ether oxygens (including phenoxy) is 2. The standard InChI is InChI=1S/C18H24F3N3O4/c1-17(2,3)28-16(26)24-6-4-10(5-7-24)27-14-9-13(22)11(15(23)25)8-12(14)18(19,20)21/h8-10H,4-7,22H2,1-3H3,(H2,23,25). The first-order valence-electron chi connectivity index (χ1n) is 8.73. The van der Waals surface area contributed by atoms with E-state index in [0.29, 0.717) is 18.9 Å². The molecule has 0 aliphatic carbocycles. The highest BCUT2D eigenvalue weighted by molar-refractivity contribution is 5.98. The van der Waals surface area contributed by atoms with Crippen LogP contribution in [-0.2, 0) is 10.9 Å². The summed E-state index contributed by atoms with van der Waals surface area (Å²) >= 11 is 0. The Balaban J connectivity index is 2.12. The Morgan fingerprint density at radius 1 is 1.14 bits per heavy atom. The molecule has 0 unspecified atom stereocenters. The number of nitrogen functional groups attached to an aromatic ring is 1. The van der Waals surface area contributed by atoms with Gasteiger partial charge in [-0.05, 0) is 26.8 Å². The molecule has 28 heavy (non-hydrogen) atoms. The largest absolute Gasteiger partial charge is 0.490 e. The topological polar surface area (TPSA) is 108 Å². The smallest absolute Gasteiger partial charge is 0.419 e. The van der Waals surface area contributed by atoms with Crippen molar-refractivity contribution in [1.29, 1.82) is 0 Å². The first-order valence-corrected chi connectivity index (χ1v) is 8.73. The zero-order valence-electron chi connectivity index (χ0n) is 15.9. The van der Waals surface area contributed by atoms with Gasteiger partial charge in [0.15, 0.2) is 0 Å². The molecule has 1 saturated heterocycles. The highest BCUT2D eigenvalue weighted by Gasteiger charge is 2.37. The van der Waals surface area contributed by atoms with E-state index in [-0.39, 0.29) is 18.8 Å². The summed E-state index contributed by atoms with van der Waals surface area (Å²) in [5.74, 6) is -1.52. The summed E-state index contributed by atoms with van der Waals surface area (Å²) in [5.41, 5.74) is 8.35. The summed E-state index contributed by atoms with van der Waals surface area (Å²) in [6, 6.07) is 1.56. The van der Waals surface area contributed by atoms with E-state index in [9.17, 15) is 22.8 Å². The summed E-state index contributed by atoms with van der Waals surface area (Å²) in [7, 11) is 0. The number of anilines is 1. The van der Waals surface area contributed by atoms with Gasteiger partial charge in [-0.15, -0.1) is 0 Å². The van der Waals surface area contributed by atoms with Crippen molar-refractivity contribution in [3.05, 3.63) is 23.3 Å². The third-order valence-electron chi connectivity index (χ3n) is 4.11. The first-order chi connectivity index (χ1) is 12.8. The first kappa shape index (κ1) is 21.6. The lowest BCUT2D eigenvalue weighted by molar-refractivity contribution is -0.139. The molecule has 2 rings (SSSR count). The van der Waals surface area contributed by atoms with E-state index >= 15 is 0 Å². The molecular weight excluding hydrogens is 379 g/mol. The lowest BCUT2D eigenvalue weighted by atomic mass is 10.0. The number of carbonyl (C=O) groups is 2. The Morgan fingerprint density at radius 3 is 2.18 bits per heavy atom. The van der Waals surface area contributed by atoms with Crippen LogP contribution in [-0.4, -0.2) is 41.7 Å². The number of carbonyl (C=O) groups excluding carboxylic acids is 2. The monoisotopic (exact) mass is 403 g/mol. The highest BCUT2D eigenvalue weighted by atomic mass is 19.4. The van der Waals surface area contributed by atoms with E-state index in [2.05, 4.69) is 0 Å². The number of piperidine rings is 1. The molecule has 0 bridgehead atoms. The van der Waals surface area contributed by atoms with Gasteiger partial charge in [0.1, 0.15) is 17.5 Å². The fourth-order valence-electron chi connectivity index (χ4n) is 2.79. The van der Waals surface area contributed by atoms with Gasteiger partial charge in [0.25, 0.3) is 5.91 Å². The molecule has 1 fully saturated rings. The average Bonchev–Trinajstić information content (AvgIpc) is 2.52. The molecule has 1 aromatic carbocycles. The van der Waals surface area contributed by atoms with Crippen LogP contribution in [0.1, 0.15) is 49.5 Å². The van der Waals surface area contributed by atoms with Gasteiger partial charge in [0.2, 0.25) is 0 Å². The van der Waals surface area contributed by atoms with Gasteiger partial charge >= 0.3 is 12.3 Å². The number of rotatable bonds is 3. The second kappa shape index (κ2) is 7.76. The maximum Gasteiger partial charge on any atom is 0.419 e. The van der Waals surface area contributed by atoms with Crippen molar-refractivity contribution < 1.29 is 32.2 Å². The number of halogens is 3. The Morgan fingerprint density at radius 2 is 1.71 bits per heavy atom. The van der Waals surface area contributed by atoms with E-state index in [1.54, 1.807) is 20.8 Å². The van der Waals surface area contributed by atoms with Crippen LogP contribution in [0.15, 0.2) is 12.1 Å². The predicted octanol–water partition coefficient (Wildman–Crippen LogP) is 3.16. The molecule has 1 aromatic rings. The maximum absolute atomic E-state index is 13.4. The molecule has 156 valence electrons. The number of hydrogen-bond acceptors (Lipinski definition) is 5. The molecule has 1 aliphatic heterocycles. The Hall–Kier alpha value is -2.65. The molecule has 0 spiro atoms. The molecule has 7 nitrogen and oxygen atoms in total. The normalized spacial score (nSPS) is 16.0. The van der Waals surface area contributed by atoms with Gasteiger partial charge in [0.05, 0.1) is 11.1 Å². The summed E-state index contributed by atoms with van der Waals surface area (Å²) in [4.78, 5) is 24.8. The molecule has 4 N–H and O–H groups in total. The molecule has 0 aromatic heterocycles. The molecular formula is C18H24F3N3O4. The number of hydrogen-bond donors (Lipinski definition) is 2. The second-order valence-electron chi connectivity index (χ2n) is 7.58. The van der Waals surface area contributed by atoms with Crippen molar-refractivity contribution in [3.8, 4) is 5.75 Å². The summed E-state index contributed by atoms with van der Waals surface area (Å²) < 4.78 is 50.9. The third kappa shape index (κ3) is 5.43. The van der Waals surface area contributed by atoms with Crippen molar-refractivity contribution in [2.75, 3.05) is 18.8 Å². The number of primary amides is 1.